The number of hydrogen-bond donors (Lipinski definition) is 1. The molecule has 2 heteroatoms. The molecule has 1 N–H and O–H groups in total. The Bertz CT molecular complexity index is 258. The molecular formula is C11H16O2. The van der Waals surface area contributed by atoms with Gasteiger partial charge in [-0.25, -0.2) is 0 Å². The summed E-state index contributed by atoms with van der Waals surface area (Å²) in [5, 5.41) is 10.1. The van der Waals surface area contributed by atoms with E-state index in [1.54, 1.807) is 6.26 Å². The highest BCUT2D eigenvalue weighted by Gasteiger charge is 2.32. The van der Waals surface area contributed by atoms with E-state index in [2.05, 4.69) is 0 Å². The maximum absolute atomic E-state index is 10.1. The van der Waals surface area contributed by atoms with Gasteiger partial charge in [0.2, 0.25) is 0 Å². The summed E-state index contributed by atoms with van der Waals surface area (Å²) >= 11 is 0. The summed E-state index contributed by atoms with van der Waals surface area (Å²) in [4.78, 5) is 0. The molecule has 1 aliphatic carbocycles. The maximum Gasteiger partial charge on any atom is 0.135 e. The first-order valence-electron chi connectivity index (χ1n) is 4.95. The van der Waals surface area contributed by atoms with Crippen LogP contribution in [0, 0.1) is 5.92 Å². The van der Waals surface area contributed by atoms with Crippen molar-refractivity contribution in [2.45, 2.75) is 38.2 Å². The van der Waals surface area contributed by atoms with Gasteiger partial charge in [0.05, 0.1) is 6.26 Å². The number of rotatable bonds is 3. The lowest BCUT2D eigenvalue weighted by molar-refractivity contribution is -0.00269. The van der Waals surface area contributed by atoms with Gasteiger partial charge in [0.25, 0.3) is 0 Å². The van der Waals surface area contributed by atoms with Crippen LogP contribution < -0.4 is 0 Å². The highest BCUT2D eigenvalue weighted by molar-refractivity contribution is 5.08. The Kier molecular flexibility index (Phi) is 2.16. The molecule has 1 aliphatic rings. The van der Waals surface area contributed by atoms with E-state index in [1.165, 1.54) is 19.3 Å². The van der Waals surface area contributed by atoms with Crippen LogP contribution in [0.2, 0.25) is 0 Å². The molecule has 0 bridgehead atoms. The highest BCUT2D eigenvalue weighted by Crippen LogP contribution is 2.37. The van der Waals surface area contributed by atoms with E-state index in [-0.39, 0.29) is 0 Å². The van der Waals surface area contributed by atoms with E-state index in [1.807, 2.05) is 19.1 Å². The normalized spacial score (nSPS) is 22.3. The molecule has 1 fully saturated rings. The van der Waals surface area contributed by atoms with Crippen molar-refractivity contribution >= 4 is 0 Å². The van der Waals surface area contributed by atoms with Crippen LogP contribution >= 0.6 is 0 Å². The molecule has 1 aromatic rings. The molecule has 0 amide bonds. The zero-order valence-electron chi connectivity index (χ0n) is 7.99. The van der Waals surface area contributed by atoms with Gasteiger partial charge in [-0.3, -0.25) is 0 Å². The third kappa shape index (κ3) is 1.78. The van der Waals surface area contributed by atoms with E-state index in [4.69, 9.17) is 4.42 Å². The first-order valence-corrected chi connectivity index (χ1v) is 4.95. The van der Waals surface area contributed by atoms with Gasteiger partial charge in [0.1, 0.15) is 11.4 Å². The summed E-state index contributed by atoms with van der Waals surface area (Å²) in [5.41, 5.74) is -0.769. The fraction of sp³-hybridized carbons (Fsp3) is 0.636. The Morgan fingerprint density at radius 3 is 2.85 bits per heavy atom. The molecule has 1 heterocycles. The minimum Gasteiger partial charge on any atom is -0.466 e. The number of aliphatic hydroxyl groups is 1. The van der Waals surface area contributed by atoms with Crippen LogP contribution in [0.5, 0.6) is 0 Å². The smallest absolute Gasteiger partial charge is 0.135 e. The van der Waals surface area contributed by atoms with E-state index >= 15 is 0 Å². The molecule has 0 saturated heterocycles. The quantitative estimate of drug-likeness (QED) is 0.775. The van der Waals surface area contributed by atoms with Crippen molar-refractivity contribution in [3.05, 3.63) is 24.2 Å². The molecule has 0 spiro atoms. The van der Waals surface area contributed by atoms with E-state index in [9.17, 15) is 5.11 Å². The summed E-state index contributed by atoms with van der Waals surface area (Å²) in [6.07, 6.45) is 6.29. The second-order valence-electron chi connectivity index (χ2n) is 4.25. The molecule has 1 unspecified atom stereocenters. The van der Waals surface area contributed by atoms with Crippen LogP contribution in [-0.4, -0.2) is 5.11 Å². The first-order chi connectivity index (χ1) is 6.18. The van der Waals surface area contributed by atoms with E-state index in [0.29, 0.717) is 11.7 Å². The second-order valence-corrected chi connectivity index (χ2v) is 4.25. The Balaban J connectivity index is 2.02. The minimum atomic E-state index is -0.769. The van der Waals surface area contributed by atoms with Crippen molar-refractivity contribution in [2.24, 2.45) is 5.92 Å². The van der Waals surface area contributed by atoms with E-state index < -0.39 is 5.60 Å². The van der Waals surface area contributed by atoms with Crippen molar-refractivity contribution < 1.29 is 9.52 Å². The van der Waals surface area contributed by atoms with Crippen LogP contribution in [0.4, 0.5) is 0 Å². The minimum absolute atomic E-state index is 0.694. The largest absolute Gasteiger partial charge is 0.466 e. The van der Waals surface area contributed by atoms with Crippen molar-refractivity contribution in [2.75, 3.05) is 0 Å². The molecule has 2 nitrogen and oxygen atoms in total. The molecule has 0 radical (unpaired) electrons. The molecule has 72 valence electrons. The maximum atomic E-state index is 10.1. The zero-order chi connectivity index (χ0) is 9.31. The summed E-state index contributed by atoms with van der Waals surface area (Å²) in [7, 11) is 0. The average molecular weight is 180 g/mol. The highest BCUT2D eigenvalue weighted by atomic mass is 16.4. The van der Waals surface area contributed by atoms with Crippen LogP contribution in [0.25, 0.3) is 0 Å². The lowest BCUT2D eigenvalue weighted by Gasteiger charge is -2.32. The topological polar surface area (TPSA) is 33.4 Å². The number of furan rings is 1. The van der Waals surface area contributed by atoms with Gasteiger partial charge in [0, 0.05) is 0 Å². The van der Waals surface area contributed by atoms with Crippen molar-refractivity contribution in [3.8, 4) is 0 Å². The first kappa shape index (κ1) is 8.82. The molecule has 1 atom stereocenters. The van der Waals surface area contributed by atoms with Gasteiger partial charge < -0.3 is 9.52 Å². The molecule has 1 saturated carbocycles. The zero-order valence-corrected chi connectivity index (χ0v) is 7.99. The molecule has 1 aromatic heterocycles. The Morgan fingerprint density at radius 1 is 1.62 bits per heavy atom. The van der Waals surface area contributed by atoms with Gasteiger partial charge in [-0.15, -0.1) is 0 Å². The summed E-state index contributed by atoms with van der Waals surface area (Å²) in [5.74, 6) is 1.39. The van der Waals surface area contributed by atoms with Gasteiger partial charge in [-0.05, 0) is 31.4 Å². The SMILES string of the molecule is CC(O)(CC1CCC1)c1ccco1. The Hall–Kier alpha value is -0.760. The Morgan fingerprint density at radius 2 is 2.38 bits per heavy atom. The van der Waals surface area contributed by atoms with Crippen molar-refractivity contribution in [1.82, 2.24) is 0 Å². The van der Waals surface area contributed by atoms with Gasteiger partial charge in [0.15, 0.2) is 0 Å². The van der Waals surface area contributed by atoms with Crippen molar-refractivity contribution in [1.29, 1.82) is 0 Å². The third-order valence-electron chi connectivity index (χ3n) is 2.96. The van der Waals surface area contributed by atoms with Crippen LogP contribution in [0.3, 0.4) is 0 Å². The van der Waals surface area contributed by atoms with Crippen LogP contribution in [0.15, 0.2) is 22.8 Å². The summed E-state index contributed by atoms with van der Waals surface area (Å²) in [6, 6.07) is 3.67. The predicted molar refractivity (Wildman–Crippen MR) is 50.2 cm³/mol. The Labute approximate surface area is 78.6 Å². The average Bonchev–Trinajstić information content (AvgIpc) is 2.49. The van der Waals surface area contributed by atoms with E-state index in [0.717, 1.165) is 6.42 Å². The molecule has 2 rings (SSSR count). The monoisotopic (exact) mass is 180 g/mol. The van der Waals surface area contributed by atoms with Crippen LogP contribution in [-0.2, 0) is 5.60 Å². The lowest BCUT2D eigenvalue weighted by Crippen LogP contribution is -2.27. The number of hydrogen-bond acceptors (Lipinski definition) is 2. The standard InChI is InChI=1S/C11H16O2/c1-11(12,8-9-4-2-5-9)10-6-3-7-13-10/h3,6-7,9,12H,2,4-5,8H2,1H3. The molecular weight excluding hydrogens is 164 g/mol. The third-order valence-corrected chi connectivity index (χ3v) is 2.96. The second kappa shape index (κ2) is 3.18. The lowest BCUT2D eigenvalue weighted by atomic mass is 9.77. The predicted octanol–water partition coefficient (Wildman–Crippen LogP) is 2.68. The summed E-state index contributed by atoms with van der Waals surface area (Å²) < 4.78 is 5.22. The fourth-order valence-corrected chi connectivity index (χ4v) is 1.94. The molecule has 0 aromatic carbocycles. The van der Waals surface area contributed by atoms with Gasteiger partial charge in [-0.2, -0.15) is 0 Å². The van der Waals surface area contributed by atoms with Crippen molar-refractivity contribution in [3.63, 3.8) is 0 Å². The molecule has 13 heavy (non-hydrogen) atoms. The van der Waals surface area contributed by atoms with Gasteiger partial charge in [-0.1, -0.05) is 19.3 Å². The fourth-order valence-electron chi connectivity index (χ4n) is 1.94. The summed E-state index contributed by atoms with van der Waals surface area (Å²) in [6.45, 7) is 1.84. The van der Waals surface area contributed by atoms with Crippen LogP contribution in [0.1, 0.15) is 38.4 Å². The molecule has 0 aliphatic heterocycles. The van der Waals surface area contributed by atoms with Gasteiger partial charge >= 0.3 is 0 Å².